The molecule has 102 valence electrons. The zero-order chi connectivity index (χ0) is 14.2. The number of hydrogen-bond acceptors (Lipinski definition) is 3. The van der Waals surface area contributed by atoms with Gasteiger partial charge in [0.05, 0.1) is 5.02 Å². The summed E-state index contributed by atoms with van der Waals surface area (Å²) >= 11 is 5.97. The monoisotopic (exact) mass is 318 g/mol. The molecule has 8 heteroatoms. The molecule has 1 heterocycles. The normalized spacial score (nSPS) is 11.9. The first-order valence-corrected chi connectivity index (χ1v) is 7.90. The van der Waals surface area contributed by atoms with Gasteiger partial charge in [-0.1, -0.05) is 27.8 Å². The van der Waals surface area contributed by atoms with Gasteiger partial charge in [0.1, 0.15) is 4.90 Å². The predicted molar refractivity (Wildman–Crippen MR) is 79.8 cm³/mol. The van der Waals surface area contributed by atoms with Gasteiger partial charge >= 0.3 is 0 Å². The molecule has 19 heavy (non-hydrogen) atoms. The third-order valence-electron chi connectivity index (χ3n) is 2.55. The van der Waals surface area contributed by atoms with E-state index in [-0.39, 0.29) is 22.0 Å². The largest absolute Gasteiger partial charge is 0.321 e. The molecule has 0 aliphatic rings. The number of benzene rings is 1. The highest BCUT2D eigenvalue weighted by Crippen LogP contribution is 2.25. The van der Waals surface area contributed by atoms with Gasteiger partial charge in [-0.15, -0.1) is 0 Å². The Morgan fingerprint density at radius 2 is 2.05 bits per heavy atom. The van der Waals surface area contributed by atoms with Gasteiger partial charge in [-0.2, -0.15) is 0 Å². The second-order valence-electron chi connectivity index (χ2n) is 3.93. The fraction of sp³-hybridized carbons (Fsp3) is 0.182. The van der Waals surface area contributed by atoms with Gasteiger partial charge in [-0.25, -0.2) is 13.1 Å². The summed E-state index contributed by atoms with van der Waals surface area (Å²) in [5.74, 6) is 0. The molecule has 0 saturated heterocycles. The van der Waals surface area contributed by atoms with Crippen LogP contribution in [0.25, 0.3) is 10.9 Å². The van der Waals surface area contributed by atoms with Crippen molar-refractivity contribution in [1.29, 1.82) is 0 Å². The Morgan fingerprint density at radius 3 is 2.68 bits per heavy atom. The van der Waals surface area contributed by atoms with Crippen LogP contribution in [-0.4, -0.2) is 19.9 Å². The number of nitrogens with one attached hydrogen (secondary N) is 2. The van der Waals surface area contributed by atoms with Crippen molar-refractivity contribution >= 4 is 47.1 Å². The summed E-state index contributed by atoms with van der Waals surface area (Å²) in [6.07, 6.45) is 0. The number of aromatic amines is 1. The summed E-state index contributed by atoms with van der Waals surface area (Å²) in [6, 6.07) is 4.48. The average Bonchev–Trinajstić information content (AvgIpc) is 2.30. The molecule has 0 radical (unpaired) electrons. The third kappa shape index (κ3) is 2.82. The van der Waals surface area contributed by atoms with E-state index in [1.165, 1.54) is 12.1 Å². The molecular formula is C11H12ClN2O3PS. The van der Waals surface area contributed by atoms with Crippen LogP contribution in [0.4, 0.5) is 0 Å². The molecule has 0 aliphatic carbocycles. The van der Waals surface area contributed by atoms with Gasteiger partial charge in [0.15, 0.2) is 0 Å². The summed E-state index contributed by atoms with van der Waals surface area (Å²) in [5, 5.41) is 1.10. The minimum Gasteiger partial charge on any atom is -0.321 e. The SMILES string of the molecule is CCNS(=O)(=O)c1cc2cc(P)c(=O)[nH]c2cc1Cl. The molecule has 1 unspecified atom stereocenters. The summed E-state index contributed by atoms with van der Waals surface area (Å²) in [4.78, 5) is 14.1. The van der Waals surface area contributed by atoms with Crippen molar-refractivity contribution < 1.29 is 8.42 Å². The van der Waals surface area contributed by atoms with Gasteiger partial charge in [0, 0.05) is 22.8 Å². The van der Waals surface area contributed by atoms with Gasteiger partial charge in [-0.3, -0.25) is 4.79 Å². The van der Waals surface area contributed by atoms with Crippen molar-refractivity contribution in [2.45, 2.75) is 11.8 Å². The van der Waals surface area contributed by atoms with Crippen molar-refractivity contribution in [1.82, 2.24) is 9.71 Å². The van der Waals surface area contributed by atoms with Gasteiger partial charge < -0.3 is 4.98 Å². The van der Waals surface area contributed by atoms with Crippen LogP contribution in [0.5, 0.6) is 0 Å². The third-order valence-corrected chi connectivity index (χ3v) is 4.99. The van der Waals surface area contributed by atoms with Crippen LogP contribution in [0.2, 0.25) is 5.02 Å². The maximum Gasteiger partial charge on any atom is 0.255 e. The molecule has 2 rings (SSSR count). The lowest BCUT2D eigenvalue weighted by molar-refractivity contribution is 0.584. The molecule has 2 aromatic rings. The molecule has 5 nitrogen and oxygen atoms in total. The number of rotatable bonds is 3. The smallest absolute Gasteiger partial charge is 0.255 e. The molecule has 0 spiro atoms. The summed E-state index contributed by atoms with van der Waals surface area (Å²) in [7, 11) is -1.34. The Hall–Kier alpha value is -0.940. The first-order chi connectivity index (χ1) is 8.85. The lowest BCUT2D eigenvalue weighted by Crippen LogP contribution is -2.24. The minimum atomic E-state index is -3.64. The minimum absolute atomic E-state index is 0.0000318. The molecule has 0 fully saturated rings. The Balaban J connectivity index is 2.75. The van der Waals surface area contributed by atoms with Crippen LogP contribution in [0.3, 0.4) is 0 Å². The van der Waals surface area contributed by atoms with Crippen LogP contribution < -0.4 is 15.6 Å². The van der Waals surface area contributed by atoms with Gasteiger partial charge in [-0.05, 0) is 18.2 Å². The fourth-order valence-electron chi connectivity index (χ4n) is 1.70. The predicted octanol–water partition coefficient (Wildman–Crippen LogP) is 0.980. The summed E-state index contributed by atoms with van der Waals surface area (Å²) in [6.45, 7) is 1.96. The lowest BCUT2D eigenvalue weighted by Gasteiger charge is -2.08. The maximum atomic E-state index is 12.0. The molecule has 0 saturated carbocycles. The second-order valence-corrected chi connectivity index (χ2v) is 6.69. The Bertz CT molecular complexity index is 801. The highest BCUT2D eigenvalue weighted by molar-refractivity contribution is 7.89. The quantitative estimate of drug-likeness (QED) is 0.828. The molecule has 0 bridgehead atoms. The summed E-state index contributed by atoms with van der Waals surface area (Å²) < 4.78 is 26.3. The number of aromatic nitrogens is 1. The van der Waals surface area contributed by atoms with Crippen molar-refractivity contribution in [2.75, 3.05) is 6.54 Å². The van der Waals surface area contributed by atoms with E-state index in [1.807, 2.05) is 0 Å². The van der Waals surface area contributed by atoms with Crippen LogP contribution in [0.1, 0.15) is 6.92 Å². The van der Waals surface area contributed by atoms with E-state index in [0.29, 0.717) is 16.2 Å². The molecule has 0 aliphatic heterocycles. The van der Waals surface area contributed by atoms with E-state index >= 15 is 0 Å². The molecule has 2 N–H and O–H groups in total. The standard InChI is InChI=1S/C11H12ClN2O3PS/c1-2-13-19(16,17)10-4-6-3-9(18)11(15)14-8(6)5-7(10)12/h3-5,13H,2,18H2,1H3,(H,14,15). The van der Waals surface area contributed by atoms with E-state index in [9.17, 15) is 13.2 Å². The van der Waals surface area contributed by atoms with Crippen LogP contribution >= 0.6 is 20.8 Å². The van der Waals surface area contributed by atoms with Crippen molar-refractivity contribution in [2.24, 2.45) is 0 Å². The zero-order valence-corrected chi connectivity index (χ0v) is 12.8. The summed E-state index contributed by atoms with van der Waals surface area (Å²) in [5.41, 5.74) is 0.243. The highest BCUT2D eigenvalue weighted by atomic mass is 35.5. The number of sulfonamides is 1. The highest BCUT2D eigenvalue weighted by Gasteiger charge is 2.18. The van der Waals surface area contributed by atoms with Crippen molar-refractivity contribution in [3.05, 3.63) is 33.6 Å². The van der Waals surface area contributed by atoms with E-state index in [2.05, 4.69) is 18.9 Å². The molecular weight excluding hydrogens is 307 g/mol. The maximum absolute atomic E-state index is 12.0. The number of pyridine rings is 1. The van der Waals surface area contributed by atoms with E-state index in [1.54, 1.807) is 13.0 Å². The van der Waals surface area contributed by atoms with Gasteiger partial charge in [0.2, 0.25) is 10.0 Å². The zero-order valence-electron chi connectivity index (χ0n) is 10.0. The van der Waals surface area contributed by atoms with E-state index < -0.39 is 10.0 Å². The van der Waals surface area contributed by atoms with E-state index in [0.717, 1.165) is 0 Å². The molecule has 1 aromatic heterocycles. The fourth-order valence-corrected chi connectivity index (χ4v) is 3.55. The Kier molecular flexibility index (Phi) is 3.97. The number of H-pyrrole nitrogens is 1. The molecule has 1 aromatic carbocycles. The molecule has 0 amide bonds. The number of hydrogen-bond donors (Lipinski definition) is 2. The topological polar surface area (TPSA) is 79.0 Å². The number of fused-ring (bicyclic) bond motifs is 1. The Labute approximate surface area is 117 Å². The van der Waals surface area contributed by atoms with Crippen molar-refractivity contribution in [3.63, 3.8) is 0 Å². The van der Waals surface area contributed by atoms with Gasteiger partial charge in [0.25, 0.3) is 5.56 Å². The van der Waals surface area contributed by atoms with Crippen LogP contribution in [0, 0.1) is 0 Å². The average molecular weight is 319 g/mol. The number of halogens is 1. The van der Waals surface area contributed by atoms with Crippen LogP contribution in [0.15, 0.2) is 27.9 Å². The van der Waals surface area contributed by atoms with Crippen molar-refractivity contribution in [3.8, 4) is 0 Å². The second kappa shape index (κ2) is 5.21. The van der Waals surface area contributed by atoms with Crippen LogP contribution in [-0.2, 0) is 10.0 Å². The first kappa shape index (κ1) is 14.5. The Morgan fingerprint density at radius 1 is 1.37 bits per heavy atom. The molecule has 1 atom stereocenters. The van der Waals surface area contributed by atoms with E-state index in [4.69, 9.17) is 11.6 Å². The lowest BCUT2D eigenvalue weighted by atomic mass is 10.2. The first-order valence-electron chi connectivity index (χ1n) is 5.47.